The number of halogens is 3. The molecule has 0 radical (unpaired) electrons. The first kappa shape index (κ1) is 10.3. The highest BCUT2D eigenvalue weighted by Gasteiger charge is 2.22. The summed E-state index contributed by atoms with van der Waals surface area (Å²) in [6, 6.07) is 0. The predicted molar refractivity (Wildman–Crippen MR) is 40.5 cm³/mol. The molecule has 0 fully saturated rings. The Morgan fingerprint density at radius 3 is 2.57 bits per heavy atom. The summed E-state index contributed by atoms with van der Waals surface area (Å²) in [6.45, 7) is 0. The maximum absolute atomic E-state index is 12.8. The Morgan fingerprint density at radius 1 is 1.57 bits per heavy atom. The molecule has 1 aromatic rings. The van der Waals surface area contributed by atoms with Gasteiger partial charge in [-0.3, -0.25) is 0 Å². The van der Waals surface area contributed by atoms with Gasteiger partial charge in [-0.25, -0.2) is 22.9 Å². The molecule has 0 saturated heterocycles. The van der Waals surface area contributed by atoms with E-state index in [-0.39, 0.29) is 0 Å². The fraction of sp³-hybridized carbons (Fsp3) is 0.143. The van der Waals surface area contributed by atoms with E-state index in [0.717, 1.165) is 0 Å². The van der Waals surface area contributed by atoms with Crippen LogP contribution in [0.25, 0.3) is 0 Å². The summed E-state index contributed by atoms with van der Waals surface area (Å²) in [4.78, 5) is 13.4. The highest BCUT2D eigenvalue weighted by Crippen LogP contribution is 2.26. The fourth-order valence-corrected chi connectivity index (χ4v) is 0.908. The van der Waals surface area contributed by atoms with Crippen LogP contribution < -0.4 is 5.73 Å². The molecule has 1 heterocycles. The molecule has 76 valence electrons. The van der Waals surface area contributed by atoms with Gasteiger partial charge < -0.3 is 10.8 Å². The Bertz CT molecular complexity index is 381. The van der Waals surface area contributed by atoms with E-state index in [0.29, 0.717) is 6.20 Å². The van der Waals surface area contributed by atoms with Gasteiger partial charge in [0.1, 0.15) is 11.3 Å². The first-order valence-electron chi connectivity index (χ1n) is 3.40. The van der Waals surface area contributed by atoms with Crippen molar-refractivity contribution in [1.29, 1.82) is 0 Å². The second-order valence-electron chi connectivity index (χ2n) is 2.39. The number of hydrogen-bond acceptors (Lipinski definition) is 3. The number of rotatable bonds is 2. The van der Waals surface area contributed by atoms with E-state index in [1.165, 1.54) is 0 Å². The van der Waals surface area contributed by atoms with E-state index < -0.39 is 35.2 Å². The molecular formula is C7H5F3N2O2. The highest BCUT2D eigenvalue weighted by atomic mass is 19.3. The average molecular weight is 206 g/mol. The number of nitrogens with zero attached hydrogens (tertiary/aromatic N) is 1. The van der Waals surface area contributed by atoms with E-state index in [4.69, 9.17) is 10.8 Å². The minimum atomic E-state index is -3.03. The predicted octanol–water partition coefficient (Wildman–Crippen LogP) is 1.44. The van der Waals surface area contributed by atoms with Crippen LogP contribution in [0.3, 0.4) is 0 Å². The number of hydrogen-bond donors (Lipinski definition) is 2. The highest BCUT2D eigenvalue weighted by molar-refractivity contribution is 5.94. The lowest BCUT2D eigenvalue weighted by Gasteiger charge is -2.06. The van der Waals surface area contributed by atoms with Gasteiger partial charge in [0.2, 0.25) is 0 Å². The quantitative estimate of drug-likeness (QED) is 0.767. The molecule has 0 aliphatic heterocycles. The van der Waals surface area contributed by atoms with Crippen molar-refractivity contribution in [1.82, 2.24) is 4.98 Å². The van der Waals surface area contributed by atoms with Gasteiger partial charge in [-0.05, 0) is 0 Å². The SMILES string of the molecule is Nc1c(C(F)F)ncc(F)c1C(=O)O. The van der Waals surface area contributed by atoms with Gasteiger partial charge in [-0.15, -0.1) is 0 Å². The third-order valence-corrected chi connectivity index (χ3v) is 1.52. The van der Waals surface area contributed by atoms with Crippen molar-refractivity contribution < 1.29 is 23.1 Å². The molecule has 4 nitrogen and oxygen atoms in total. The zero-order valence-electron chi connectivity index (χ0n) is 6.67. The molecule has 1 rings (SSSR count). The first-order chi connectivity index (χ1) is 6.45. The van der Waals surface area contributed by atoms with Crippen molar-refractivity contribution in [3.05, 3.63) is 23.3 Å². The lowest BCUT2D eigenvalue weighted by atomic mass is 10.1. The van der Waals surface area contributed by atoms with Gasteiger partial charge in [0.25, 0.3) is 6.43 Å². The van der Waals surface area contributed by atoms with Crippen LogP contribution in [0.15, 0.2) is 6.20 Å². The Labute approximate surface area is 76.2 Å². The van der Waals surface area contributed by atoms with Gasteiger partial charge >= 0.3 is 5.97 Å². The summed E-state index contributed by atoms with van der Waals surface area (Å²) in [6.07, 6.45) is -2.63. The smallest absolute Gasteiger partial charge is 0.340 e. The molecule has 0 atom stereocenters. The molecule has 0 aliphatic carbocycles. The maximum Gasteiger partial charge on any atom is 0.340 e. The van der Waals surface area contributed by atoms with Gasteiger partial charge in [-0.2, -0.15) is 0 Å². The van der Waals surface area contributed by atoms with Gasteiger partial charge in [0, 0.05) is 0 Å². The van der Waals surface area contributed by atoms with Gasteiger partial charge in [0.15, 0.2) is 5.82 Å². The van der Waals surface area contributed by atoms with E-state index in [2.05, 4.69) is 4.98 Å². The van der Waals surface area contributed by atoms with E-state index in [1.54, 1.807) is 0 Å². The molecule has 0 aromatic carbocycles. The number of carbonyl (C=O) groups is 1. The molecule has 1 aromatic heterocycles. The molecular weight excluding hydrogens is 201 g/mol. The van der Waals surface area contributed by atoms with Gasteiger partial charge in [0.05, 0.1) is 11.9 Å². The van der Waals surface area contributed by atoms with Gasteiger partial charge in [-0.1, -0.05) is 0 Å². The number of nitrogen functional groups attached to an aromatic ring is 1. The lowest BCUT2D eigenvalue weighted by Crippen LogP contribution is -2.10. The molecule has 3 N–H and O–H groups in total. The standard InChI is InChI=1S/C7H5F3N2O2/c8-2-1-12-5(6(9)10)4(11)3(2)7(13)14/h1,6H,11H2,(H,13,14). The molecule has 14 heavy (non-hydrogen) atoms. The van der Waals surface area contributed by atoms with Crippen LogP contribution in [-0.4, -0.2) is 16.1 Å². The summed E-state index contributed by atoms with van der Waals surface area (Å²) < 4.78 is 37.1. The van der Waals surface area contributed by atoms with Crippen molar-refractivity contribution in [2.75, 3.05) is 5.73 Å². The van der Waals surface area contributed by atoms with Crippen LogP contribution in [0.4, 0.5) is 18.9 Å². The monoisotopic (exact) mass is 206 g/mol. The van der Waals surface area contributed by atoms with Crippen LogP contribution in [0.5, 0.6) is 0 Å². The summed E-state index contributed by atoms with van der Waals surface area (Å²) in [5, 5.41) is 8.46. The number of anilines is 1. The Kier molecular flexibility index (Phi) is 2.59. The number of nitrogens with two attached hydrogens (primary N) is 1. The third-order valence-electron chi connectivity index (χ3n) is 1.52. The van der Waals surface area contributed by atoms with Crippen molar-refractivity contribution in [3.63, 3.8) is 0 Å². The molecule has 0 unspecified atom stereocenters. The minimum Gasteiger partial charge on any atom is -0.478 e. The maximum atomic E-state index is 12.8. The third kappa shape index (κ3) is 1.61. The molecule has 0 spiro atoms. The van der Waals surface area contributed by atoms with E-state index in [9.17, 15) is 18.0 Å². The van der Waals surface area contributed by atoms with Crippen molar-refractivity contribution >= 4 is 11.7 Å². The number of carboxylic acid groups (broad SMARTS) is 1. The zero-order valence-corrected chi connectivity index (χ0v) is 6.67. The summed E-state index contributed by atoms with van der Waals surface area (Å²) in [7, 11) is 0. The van der Waals surface area contributed by atoms with Crippen LogP contribution in [-0.2, 0) is 0 Å². The average Bonchev–Trinajstić information content (AvgIpc) is 2.02. The molecule has 0 aliphatic rings. The van der Waals surface area contributed by atoms with Crippen molar-refractivity contribution in [2.45, 2.75) is 6.43 Å². The molecule has 0 amide bonds. The number of aromatic nitrogens is 1. The van der Waals surface area contributed by atoms with Crippen LogP contribution in [0.2, 0.25) is 0 Å². The van der Waals surface area contributed by atoms with Crippen molar-refractivity contribution in [3.8, 4) is 0 Å². The first-order valence-corrected chi connectivity index (χ1v) is 3.40. The zero-order chi connectivity index (χ0) is 10.9. The Hall–Kier alpha value is -1.79. The number of aromatic carboxylic acids is 1. The second-order valence-corrected chi connectivity index (χ2v) is 2.39. The Balaban J connectivity index is 3.41. The molecule has 0 bridgehead atoms. The second kappa shape index (κ2) is 3.52. The molecule has 7 heteroatoms. The normalized spacial score (nSPS) is 10.6. The van der Waals surface area contributed by atoms with Crippen LogP contribution in [0, 0.1) is 5.82 Å². The fourth-order valence-electron chi connectivity index (χ4n) is 0.908. The van der Waals surface area contributed by atoms with Crippen LogP contribution in [0.1, 0.15) is 22.5 Å². The number of pyridine rings is 1. The van der Waals surface area contributed by atoms with E-state index >= 15 is 0 Å². The summed E-state index contributed by atoms with van der Waals surface area (Å²) in [5.74, 6) is -2.94. The minimum absolute atomic E-state index is 0.404. The van der Waals surface area contributed by atoms with E-state index in [1.807, 2.05) is 0 Å². The number of carboxylic acids is 1. The largest absolute Gasteiger partial charge is 0.478 e. The Morgan fingerprint density at radius 2 is 2.14 bits per heavy atom. The molecule has 0 saturated carbocycles. The lowest BCUT2D eigenvalue weighted by molar-refractivity contribution is 0.0692. The van der Waals surface area contributed by atoms with Crippen LogP contribution >= 0.6 is 0 Å². The topological polar surface area (TPSA) is 76.2 Å². The number of alkyl halides is 2. The summed E-state index contributed by atoms with van der Waals surface area (Å²) >= 11 is 0. The summed E-state index contributed by atoms with van der Waals surface area (Å²) in [5.41, 5.74) is 2.28. The van der Waals surface area contributed by atoms with Crippen molar-refractivity contribution in [2.24, 2.45) is 0 Å².